The van der Waals surface area contributed by atoms with E-state index in [1.165, 1.54) is 43.4 Å². The Morgan fingerprint density at radius 1 is 1.19 bits per heavy atom. The summed E-state index contributed by atoms with van der Waals surface area (Å²) in [7, 11) is 0. The molecule has 2 nitrogen and oxygen atoms in total. The molecule has 0 bridgehead atoms. The number of hydrogen-bond donors (Lipinski definition) is 1. The Kier molecular flexibility index (Phi) is 4.37. The molecule has 0 amide bonds. The fraction of sp³-hybridized carbons (Fsp3) is 0.684. The molecule has 3 rings (SSSR count). The molecule has 1 atom stereocenters. The maximum Gasteiger partial charge on any atom is 0.0309 e. The van der Waals surface area contributed by atoms with Gasteiger partial charge in [0.1, 0.15) is 0 Å². The summed E-state index contributed by atoms with van der Waals surface area (Å²) in [6.45, 7) is 10.3. The van der Waals surface area contributed by atoms with E-state index in [0.717, 1.165) is 13.1 Å². The lowest BCUT2D eigenvalue weighted by atomic mass is 9.92. The van der Waals surface area contributed by atoms with E-state index in [-0.39, 0.29) is 0 Å². The molecule has 1 aliphatic heterocycles. The molecule has 21 heavy (non-hydrogen) atoms. The molecule has 1 unspecified atom stereocenters. The van der Waals surface area contributed by atoms with Crippen molar-refractivity contribution in [3.05, 3.63) is 35.4 Å². The van der Waals surface area contributed by atoms with Crippen molar-refractivity contribution in [1.82, 2.24) is 10.2 Å². The predicted octanol–water partition coefficient (Wildman–Crippen LogP) is 3.92. The molecule has 2 fully saturated rings. The Balaban J connectivity index is 1.67. The summed E-state index contributed by atoms with van der Waals surface area (Å²) in [6.07, 6.45) is 5.53. The third-order valence-electron chi connectivity index (χ3n) is 5.49. The fourth-order valence-corrected chi connectivity index (χ4v) is 3.93. The van der Waals surface area contributed by atoms with Crippen LogP contribution in [0, 0.1) is 0 Å². The maximum absolute atomic E-state index is 3.84. The smallest absolute Gasteiger partial charge is 0.0309 e. The van der Waals surface area contributed by atoms with Crippen molar-refractivity contribution < 1.29 is 0 Å². The molecule has 2 aliphatic rings. The van der Waals surface area contributed by atoms with E-state index >= 15 is 0 Å². The third-order valence-corrected chi connectivity index (χ3v) is 5.49. The molecule has 2 heteroatoms. The second-order valence-electron chi connectivity index (χ2n) is 7.52. The highest BCUT2D eigenvalue weighted by atomic mass is 15.2. The van der Waals surface area contributed by atoms with Crippen LogP contribution >= 0.6 is 0 Å². The first-order valence-corrected chi connectivity index (χ1v) is 8.66. The number of nitrogens with one attached hydrogen (secondary N) is 1. The molecule has 1 aromatic rings. The molecular weight excluding hydrogens is 256 g/mol. The average molecular weight is 286 g/mol. The van der Waals surface area contributed by atoms with Crippen LogP contribution in [0.2, 0.25) is 0 Å². The molecule has 1 saturated carbocycles. The van der Waals surface area contributed by atoms with Crippen LogP contribution in [0.4, 0.5) is 0 Å². The molecule has 0 radical (unpaired) electrons. The fourth-order valence-electron chi connectivity index (χ4n) is 3.93. The van der Waals surface area contributed by atoms with Gasteiger partial charge in [0.2, 0.25) is 0 Å². The van der Waals surface area contributed by atoms with Gasteiger partial charge in [-0.25, -0.2) is 0 Å². The SMILES string of the molecule is CC(C)c1ccc(CN2CC3(CCCC3)NCC2C)cc1. The van der Waals surface area contributed by atoms with Crippen molar-refractivity contribution in [2.75, 3.05) is 13.1 Å². The molecule has 0 aromatic heterocycles. The van der Waals surface area contributed by atoms with Crippen molar-refractivity contribution in [3.8, 4) is 0 Å². The molecule has 1 saturated heterocycles. The van der Waals surface area contributed by atoms with Crippen LogP contribution in [-0.2, 0) is 6.54 Å². The highest BCUT2D eigenvalue weighted by Gasteiger charge is 2.39. The zero-order chi connectivity index (χ0) is 14.9. The van der Waals surface area contributed by atoms with Crippen LogP contribution < -0.4 is 5.32 Å². The van der Waals surface area contributed by atoms with Crippen molar-refractivity contribution in [1.29, 1.82) is 0 Å². The number of hydrogen-bond acceptors (Lipinski definition) is 2. The van der Waals surface area contributed by atoms with Gasteiger partial charge in [0.05, 0.1) is 0 Å². The Hall–Kier alpha value is -0.860. The monoisotopic (exact) mass is 286 g/mol. The first-order valence-electron chi connectivity index (χ1n) is 8.66. The number of nitrogens with zero attached hydrogens (tertiary/aromatic N) is 1. The maximum atomic E-state index is 3.84. The second-order valence-corrected chi connectivity index (χ2v) is 7.52. The highest BCUT2D eigenvalue weighted by molar-refractivity contribution is 5.24. The molecule has 1 spiro atoms. The van der Waals surface area contributed by atoms with Crippen LogP contribution in [0.5, 0.6) is 0 Å². The van der Waals surface area contributed by atoms with Gasteiger partial charge in [-0.05, 0) is 36.8 Å². The summed E-state index contributed by atoms with van der Waals surface area (Å²) >= 11 is 0. The van der Waals surface area contributed by atoms with Crippen LogP contribution in [0.15, 0.2) is 24.3 Å². The van der Waals surface area contributed by atoms with Gasteiger partial charge in [0.15, 0.2) is 0 Å². The number of benzene rings is 1. The summed E-state index contributed by atoms with van der Waals surface area (Å²) in [6, 6.07) is 9.90. The summed E-state index contributed by atoms with van der Waals surface area (Å²) in [5.74, 6) is 0.624. The zero-order valence-corrected chi connectivity index (χ0v) is 13.9. The minimum Gasteiger partial charge on any atom is -0.308 e. The summed E-state index contributed by atoms with van der Waals surface area (Å²) < 4.78 is 0. The molecule has 1 aliphatic carbocycles. The van der Waals surface area contributed by atoms with Gasteiger partial charge >= 0.3 is 0 Å². The van der Waals surface area contributed by atoms with Crippen molar-refractivity contribution in [3.63, 3.8) is 0 Å². The quantitative estimate of drug-likeness (QED) is 0.906. The van der Waals surface area contributed by atoms with Crippen LogP contribution in [0.3, 0.4) is 0 Å². The van der Waals surface area contributed by atoms with E-state index in [1.54, 1.807) is 0 Å². The van der Waals surface area contributed by atoms with Gasteiger partial charge in [-0.2, -0.15) is 0 Å². The lowest BCUT2D eigenvalue weighted by Gasteiger charge is -2.45. The van der Waals surface area contributed by atoms with E-state index in [0.29, 0.717) is 17.5 Å². The molecule has 116 valence electrons. The molecule has 1 aromatic carbocycles. The molecular formula is C19H30N2. The van der Waals surface area contributed by atoms with Crippen LogP contribution in [0.25, 0.3) is 0 Å². The second kappa shape index (κ2) is 6.10. The Morgan fingerprint density at radius 3 is 2.48 bits per heavy atom. The van der Waals surface area contributed by atoms with E-state index in [9.17, 15) is 0 Å². The van der Waals surface area contributed by atoms with Gasteiger partial charge in [0, 0.05) is 31.2 Å². The highest BCUT2D eigenvalue weighted by Crippen LogP contribution is 2.33. The topological polar surface area (TPSA) is 15.3 Å². The van der Waals surface area contributed by atoms with Gasteiger partial charge in [0.25, 0.3) is 0 Å². The van der Waals surface area contributed by atoms with Gasteiger partial charge in [-0.3, -0.25) is 4.90 Å². The van der Waals surface area contributed by atoms with Crippen molar-refractivity contribution in [2.24, 2.45) is 0 Å². The summed E-state index contributed by atoms with van der Waals surface area (Å²) in [5, 5.41) is 3.84. The van der Waals surface area contributed by atoms with Crippen LogP contribution in [-0.4, -0.2) is 29.6 Å². The number of rotatable bonds is 3. The Bertz CT molecular complexity index is 457. The van der Waals surface area contributed by atoms with Crippen molar-refractivity contribution in [2.45, 2.75) is 70.5 Å². The number of piperazine rings is 1. The van der Waals surface area contributed by atoms with Crippen molar-refractivity contribution >= 4 is 0 Å². The van der Waals surface area contributed by atoms with Gasteiger partial charge < -0.3 is 5.32 Å². The lowest BCUT2D eigenvalue weighted by molar-refractivity contribution is 0.0826. The third kappa shape index (κ3) is 3.32. The minimum atomic E-state index is 0.421. The first kappa shape index (κ1) is 15.1. The molecule has 1 N–H and O–H groups in total. The lowest BCUT2D eigenvalue weighted by Crippen LogP contribution is -2.62. The largest absolute Gasteiger partial charge is 0.308 e. The van der Waals surface area contributed by atoms with E-state index in [2.05, 4.69) is 55.3 Å². The zero-order valence-electron chi connectivity index (χ0n) is 13.9. The van der Waals surface area contributed by atoms with Gasteiger partial charge in [-0.15, -0.1) is 0 Å². The summed E-state index contributed by atoms with van der Waals surface area (Å²) in [5.41, 5.74) is 3.32. The van der Waals surface area contributed by atoms with E-state index < -0.39 is 0 Å². The molecule has 1 heterocycles. The average Bonchev–Trinajstić information content (AvgIpc) is 2.92. The van der Waals surface area contributed by atoms with Gasteiger partial charge in [-0.1, -0.05) is 51.0 Å². The van der Waals surface area contributed by atoms with E-state index in [1.807, 2.05) is 0 Å². The first-order chi connectivity index (χ1) is 10.1. The van der Waals surface area contributed by atoms with E-state index in [4.69, 9.17) is 0 Å². The Morgan fingerprint density at radius 2 is 1.86 bits per heavy atom. The normalized spacial score (nSPS) is 25.8. The minimum absolute atomic E-state index is 0.421. The Labute approximate surface area is 129 Å². The van der Waals surface area contributed by atoms with Crippen LogP contribution in [0.1, 0.15) is 63.5 Å². The summed E-state index contributed by atoms with van der Waals surface area (Å²) in [4.78, 5) is 2.69. The standard InChI is InChI=1S/C19H30N2/c1-15(2)18-8-6-17(7-9-18)13-21-14-19(10-4-5-11-19)20-12-16(21)3/h6-9,15-16,20H,4-5,10-14H2,1-3H3. The predicted molar refractivity (Wildman–Crippen MR) is 89.6 cm³/mol.